The third-order valence-electron chi connectivity index (χ3n) is 3.95. The van der Waals surface area contributed by atoms with Crippen molar-refractivity contribution in [1.29, 1.82) is 0 Å². The first-order chi connectivity index (χ1) is 12.0. The minimum atomic E-state index is -0.405. The summed E-state index contributed by atoms with van der Waals surface area (Å²) in [5.74, 6) is -0.699. The molecular weight excluding hydrogens is 325 g/mol. The Bertz CT molecular complexity index is 819. The summed E-state index contributed by atoms with van der Waals surface area (Å²) >= 11 is 0. The second-order valence-electron chi connectivity index (χ2n) is 6.01. The lowest BCUT2D eigenvalue weighted by Crippen LogP contribution is -2.33. The van der Waals surface area contributed by atoms with Gasteiger partial charge in [-0.05, 0) is 31.5 Å². The summed E-state index contributed by atoms with van der Waals surface area (Å²) in [7, 11) is 0. The summed E-state index contributed by atoms with van der Waals surface area (Å²) in [6.07, 6.45) is 1.32. The fourth-order valence-corrected chi connectivity index (χ4v) is 2.52. The van der Waals surface area contributed by atoms with Gasteiger partial charge in [0.25, 0.3) is 5.91 Å². The van der Waals surface area contributed by atoms with Gasteiger partial charge >= 0.3 is 0 Å². The zero-order valence-corrected chi connectivity index (χ0v) is 13.9. The van der Waals surface area contributed by atoms with Crippen molar-refractivity contribution in [3.05, 3.63) is 59.5 Å². The van der Waals surface area contributed by atoms with Crippen LogP contribution in [0.4, 0.5) is 4.39 Å². The SMILES string of the molecule is CC(C)N1CC(c2cc(OCc3ccc(F)cc3)ncn2)=C(O)C1=O. The molecule has 0 bridgehead atoms. The lowest BCUT2D eigenvalue weighted by atomic mass is 10.2. The minimum absolute atomic E-state index is 0.0248. The van der Waals surface area contributed by atoms with Gasteiger partial charge in [0, 0.05) is 17.7 Å². The highest BCUT2D eigenvalue weighted by atomic mass is 19.1. The molecule has 1 amide bonds. The van der Waals surface area contributed by atoms with E-state index in [9.17, 15) is 14.3 Å². The van der Waals surface area contributed by atoms with E-state index in [4.69, 9.17) is 4.74 Å². The predicted molar refractivity (Wildman–Crippen MR) is 89.2 cm³/mol. The van der Waals surface area contributed by atoms with Gasteiger partial charge in [0.1, 0.15) is 18.8 Å². The molecule has 25 heavy (non-hydrogen) atoms. The van der Waals surface area contributed by atoms with Gasteiger partial charge in [-0.3, -0.25) is 4.79 Å². The molecule has 1 aromatic carbocycles. The maximum absolute atomic E-state index is 12.9. The van der Waals surface area contributed by atoms with Gasteiger partial charge in [0.15, 0.2) is 5.76 Å². The highest BCUT2D eigenvalue weighted by molar-refractivity contribution is 6.03. The summed E-state index contributed by atoms with van der Waals surface area (Å²) in [6, 6.07) is 7.52. The first-order valence-electron chi connectivity index (χ1n) is 7.88. The molecule has 0 saturated carbocycles. The first kappa shape index (κ1) is 16.9. The molecule has 7 heteroatoms. The Morgan fingerprint density at radius 2 is 2.00 bits per heavy atom. The Hall–Kier alpha value is -2.96. The van der Waals surface area contributed by atoms with Crippen molar-refractivity contribution in [3.63, 3.8) is 0 Å². The van der Waals surface area contributed by atoms with E-state index in [1.54, 1.807) is 23.1 Å². The zero-order chi connectivity index (χ0) is 18.0. The number of benzene rings is 1. The molecule has 1 aromatic heterocycles. The second-order valence-corrected chi connectivity index (χ2v) is 6.01. The van der Waals surface area contributed by atoms with E-state index in [2.05, 4.69) is 9.97 Å². The molecule has 0 spiro atoms. The van der Waals surface area contributed by atoms with Crippen LogP contribution in [-0.4, -0.2) is 38.5 Å². The number of carbonyl (C=O) groups excluding carboxylic acids is 1. The number of amides is 1. The largest absolute Gasteiger partial charge is 0.503 e. The fraction of sp³-hybridized carbons (Fsp3) is 0.278. The molecule has 1 aliphatic rings. The molecule has 0 fully saturated rings. The molecule has 2 heterocycles. The van der Waals surface area contributed by atoms with Crippen LogP contribution in [-0.2, 0) is 11.4 Å². The molecular formula is C18H18FN3O3. The Labute approximate surface area is 144 Å². The number of aliphatic hydroxyl groups excluding tert-OH is 1. The van der Waals surface area contributed by atoms with Gasteiger partial charge < -0.3 is 14.7 Å². The molecule has 130 valence electrons. The van der Waals surface area contributed by atoms with Gasteiger partial charge in [0.05, 0.1) is 12.2 Å². The van der Waals surface area contributed by atoms with Crippen LogP contribution in [0.3, 0.4) is 0 Å². The molecule has 6 nitrogen and oxygen atoms in total. The van der Waals surface area contributed by atoms with Crippen LogP contribution < -0.4 is 4.74 Å². The number of hydrogen-bond donors (Lipinski definition) is 1. The molecule has 0 radical (unpaired) electrons. The fourth-order valence-electron chi connectivity index (χ4n) is 2.52. The van der Waals surface area contributed by atoms with E-state index in [-0.39, 0.29) is 30.8 Å². The predicted octanol–water partition coefficient (Wildman–Crippen LogP) is 2.71. The van der Waals surface area contributed by atoms with Crippen LogP contribution in [0.2, 0.25) is 0 Å². The maximum atomic E-state index is 12.9. The Morgan fingerprint density at radius 1 is 1.28 bits per heavy atom. The van der Waals surface area contributed by atoms with Crippen molar-refractivity contribution in [1.82, 2.24) is 14.9 Å². The Balaban J connectivity index is 1.75. The van der Waals surface area contributed by atoms with Crippen LogP contribution >= 0.6 is 0 Å². The first-order valence-corrected chi connectivity index (χ1v) is 7.88. The van der Waals surface area contributed by atoms with Crippen molar-refractivity contribution in [2.75, 3.05) is 6.54 Å². The van der Waals surface area contributed by atoms with E-state index in [1.807, 2.05) is 13.8 Å². The van der Waals surface area contributed by atoms with Gasteiger partial charge in [-0.25, -0.2) is 14.4 Å². The van der Waals surface area contributed by atoms with Gasteiger partial charge in [0.2, 0.25) is 5.88 Å². The third-order valence-corrected chi connectivity index (χ3v) is 3.95. The van der Waals surface area contributed by atoms with Crippen LogP contribution in [0.1, 0.15) is 25.1 Å². The normalized spacial score (nSPS) is 14.6. The number of hydrogen-bond acceptors (Lipinski definition) is 5. The topological polar surface area (TPSA) is 75.6 Å². The lowest BCUT2D eigenvalue weighted by molar-refractivity contribution is -0.129. The van der Waals surface area contributed by atoms with Crippen LogP contribution in [0, 0.1) is 5.82 Å². The van der Waals surface area contributed by atoms with Gasteiger partial charge in [-0.15, -0.1) is 0 Å². The quantitative estimate of drug-likeness (QED) is 0.903. The molecule has 1 aliphatic heterocycles. The molecule has 3 rings (SSSR count). The number of aromatic nitrogens is 2. The molecule has 0 saturated heterocycles. The number of rotatable bonds is 5. The number of halogens is 1. The summed E-state index contributed by atoms with van der Waals surface area (Å²) in [5, 5.41) is 10.1. The smallest absolute Gasteiger partial charge is 0.289 e. The van der Waals surface area contributed by atoms with E-state index in [1.165, 1.54) is 18.5 Å². The van der Waals surface area contributed by atoms with Crippen LogP contribution in [0.25, 0.3) is 5.57 Å². The highest BCUT2D eigenvalue weighted by Gasteiger charge is 2.33. The van der Waals surface area contributed by atoms with Crippen molar-refractivity contribution in [2.24, 2.45) is 0 Å². The minimum Gasteiger partial charge on any atom is -0.503 e. The number of ether oxygens (including phenoxy) is 1. The van der Waals surface area contributed by atoms with Crippen molar-refractivity contribution >= 4 is 11.5 Å². The highest BCUT2D eigenvalue weighted by Crippen LogP contribution is 2.27. The standard InChI is InChI=1S/C18H18FN3O3/c1-11(2)22-8-14(17(23)18(22)24)15-7-16(21-10-20-15)25-9-12-3-5-13(19)6-4-12/h3-7,10-11,23H,8-9H2,1-2H3. The Morgan fingerprint density at radius 3 is 2.64 bits per heavy atom. The molecule has 0 aliphatic carbocycles. The van der Waals surface area contributed by atoms with Crippen molar-refractivity contribution in [2.45, 2.75) is 26.5 Å². The van der Waals surface area contributed by atoms with Crippen LogP contribution in [0.15, 0.2) is 42.4 Å². The number of aliphatic hydroxyl groups is 1. The van der Waals surface area contributed by atoms with Gasteiger partial charge in [-0.1, -0.05) is 12.1 Å². The van der Waals surface area contributed by atoms with E-state index in [0.29, 0.717) is 17.1 Å². The molecule has 2 aromatic rings. The maximum Gasteiger partial charge on any atom is 0.289 e. The van der Waals surface area contributed by atoms with E-state index in [0.717, 1.165) is 5.56 Å². The summed E-state index contributed by atoms with van der Waals surface area (Å²) < 4.78 is 18.5. The molecule has 1 N–H and O–H groups in total. The third kappa shape index (κ3) is 3.60. The number of carbonyl (C=O) groups is 1. The van der Waals surface area contributed by atoms with Crippen molar-refractivity contribution < 1.29 is 19.0 Å². The van der Waals surface area contributed by atoms with Crippen LogP contribution in [0.5, 0.6) is 5.88 Å². The summed E-state index contributed by atoms with van der Waals surface area (Å²) in [4.78, 5) is 21.8. The number of nitrogens with zero attached hydrogens (tertiary/aromatic N) is 3. The summed E-state index contributed by atoms with van der Waals surface area (Å²) in [6.45, 7) is 4.27. The molecule has 0 unspecified atom stereocenters. The van der Waals surface area contributed by atoms with Gasteiger partial charge in [-0.2, -0.15) is 0 Å². The summed E-state index contributed by atoms with van der Waals surface area (Å²) in [5.41, 5.74) is 1.69. The molecule has 0 atom stereocenters. The zero-order valence-electron chi connectivity index (χ0n) is 13.9. The average Bonchev–Trinajstić information content (AvgIpc) is 2.90. The van der Waals surface area contributed by atoms with E-state index >= 15 is 0 Å². The Kier molecular flexibility index (Phi) is 4.65. The monoisotopic (exact) mass is 343 g/mol. The lowest BCUT2D eigenvalue weighted by Gasteiger charge is -2.20. The van der Waals surface area contributed by atoms with E-state index < -0.39 is 5.91 Å². The second kappa shape index (κ2) is 6.88. The average molecular weight is 343 g/mol. The van der Waals surface area contributed by atoms with Crippen molar-refractivity contribution in [3.8, 4) is 5.88 Å².